The van der Waals surface area contributed by atoms with Crippen molar-refractivity contribution in [2.24, 2.45) is 0 Å². The summed E-state index contributed by atoms with van der Waals surface area (Å²) in [6.07, 6.45) is -4.70. The minimum Gasteiger partial charge on any atom is -0.403 e. The lowest BCUT2D eigenvalue weighted by atomic mass is 10.1. The number of rotatable bonds is 1. The lowest BCUT2D eigenvalue weighted by Gasteiger charge is -2.14. The number of hydrogen-bond donors (Lipinski definition) is 1. The third-order valence-electron chi connectivity index (χ3n) is 1.92. The zero-order valence-corrected chi connectivity index (χ0v) is 7.77. The molecule has 0 amide bonds. The first-order chi connectivity index (χ1) is 6.31. The van der Waals surface area contributed by atoms with Gasteiger partial charge >= 0.3 is 6.36 Å². The predicted molar refractivity (Wildman–Crippen MR) is 47.0 cm³/mol. The van der Waals surface area contributed by atoms with Gasteiger partial charge in [-0.05, 0) is 31.0 Å². The summed E-state index contributed by atoms with van der Waals surface area (Å²) in [5.41, 5.74) is 6.48. The zero-order chi connectivity index (χ0) is 10.9. The van der Waals surface area contributed by atoms with E-state index in [2.05, 4.69) is 4.74 Å². The number of ether oxygens (including phenoxy) is 1. The van der Waals surface area contributed by atoms with Crippen molar-refractivity contribution in [1.82, 2.24) is 0 Å². The van der Waals surface area contributed by atoms with Crippen molar-refractivity contribution in [2.45, 2.75) is 20.2 Å². The predicted octanol–water partition coefficient (Wildman–Crippen LogP) is 2.78. The van der Waals surface area contributed by atoms with Gasteiger partial charge in [0.2, 0.25) is 0 Å². The topological polar surface area (TPSA) is 35.2 Å². The Morgan fingerprint density at radius 1 is 1.21 bits per heavy atom. The fourth-order valence-electron chi connectivity index (χ4n) is 1.06. The van der Waals surface area contributed by atoms with Crippen LogP contribution in [-0.4, -0.2) is 6.36 Å². The molecular formula is C9H10F3NO. The highest BCUT2D eigenvalue weighted by atomic mass is 19.4. The van der Waals surface area contributed by atoms with E-state index in [4.69, 9.17) is 5.73 Å². The second-order valence-corrected chi connectivity index (χ2v) is 2.97. The molecule has 1 aromatic carbocycles. The number of halogens is 3. The summed E-state index contributed by atoms with van der Waals surface area (Å²) in [7, 11) is 0. The van der Waals surface area contributed by atoms with Crippen LogP contribution < -0.4 is 10.5 Å². The van der Waals surface area contributed by atoms with Crippen LogP contribution >= 0.6 is 0 Å². The number of anilines is 1. The highest BCUT2D eigenvalue weighted by molar-refractivity contribution is 5.58. The van der Waals surface area contributed by atoms with Gasteiger partial charge in [0, 0.05) is 0 Å². The quantitative estimate of drug-likeness (QED) is 0.715. The van der Waals surface area contributed by atoms with Gasteiger partial charge in [0.15, 0.2) is 5.75 Å². The molecule has 0 bridgehead atoms. The number of hydrogen-bond acceptors (Lipinski definition) is 2. The first-order valence-electron chi connectivity index (χ1n) is 3.92. The van der Waals surface area contributed by atoms with Gasteiger partial charge in [-0.1, -0.05) is 6.07 Å². The van der Waals surface area contributed by atoms with Gasteiger partial charge in [0.05, 0.1) is 5.69 Å². The first-order valence-corrected chi connectivity index (χ1v) is 3.92. The van der Waals surface area contributed by atoms with E-state index in [1.165, 1.54) is 13.0 Å². The molecule has 2 N–H and O–H groups in total. The van der Waals surface area contributed by atoms with Gasteiger partial charge in [0.1, 0.15) is 0 Å². The minimum absolute atomic E-state index is 0.00887. The Labute approximate surface area is 79.5 Å². The standard InChI is InChI=1S/C9H10F3NO/c1-5-3-4-7(13)8(6(5)2)14-9(10,11)12/h3-4H,13H2,1-2H3. The lowest BCUT2D eigenvalue weighted by Crippen LogP contribution is -2.19. The van der Waals surface area contributed by atoms with Crippen molar-refractivity contribution in [3.8, 4) is 5.75 Å². The fourth-order valence-corrected chi connectivity index (χ4v) is 1.06. The maximum atomic E-state index is 12.0. The van der Waals surface area contributed by atoms with E-state index in [0.29, 0.717) is 11.1 Å². The maximum absolute atomic E-state index is 12.0. The lowest BCUT2D eigenvalue weighted by molar-refractivity contribution is -0.274. The molecule has 0 aliphatic rings. The Kier molecular flexibility index (Phi) is 2.59. The molecule has 78 valence electrons. The highest BCUT2D eigenvalue weighted by Crippen LogP contribution is 2.33. The van der Waals surface area contributed by atoms with E-state index in [-0.39, 0.29) is 11.4 Å². The second-order valence-electron chi connectivity index (χ2n) is 2.97. The van der Waals surface area contributed by atoms with Crippen LogP contribution in [0.1, 0.15) is 11.1 Å². The number of benzene rings is 1. The molecule has 1 aromatic rings. The van der Waals surface area contributed by atoms with Gasteiger partial charge in [0.25, 0.3) is 0 Å². The molecule has 0 heterocycles. The molecule has 0 saturated carbocycles. The smallest absolute Gasteiger partial charge is 0.403 e. The monoisotopic (exact) mass is 205 g/mol. The van der Waals surface area contributed by atoms with Crippen molar-refractivity contribution in [3.05, 3.63) is 23.3 Å². The third-order valence-corrected chi connectivity index (χ3v) is 1.92. The minimum atomic E-state index is -4.70. The van der Waals surface area contributed by atoms with Crippen LogP contribution in [0.4, 0.5) is 18.9 Å². The fraction of sp³-hybridized carbons (Fsp3) is 0.333. The largest absolute Gasteiger partial charge is 0.573 e. The first kappa shape index (κ1) is 10.7. The van der Waals surface area contributed by atoms with Crippen molar-refractivity contribution in [3.63, 3.8) is 0 Å². The van der Waals surface area contributed by atoms with Crippen LogP contribution in [-0.2, 0) is 0 Å². The molecule has 0 unspecified atom stereocenters. The molecule has 0 fully saturated rings. The Hall–Kier alpha value is -1.39. The van der Waals surface area contributed by atoms with E-state index < -0.39 is 6.36 Å². The van der Waals surface area contributed by atoms with Crippen LogP contribution in [0.25, 0.3) is 0 Å². The third kappa shape index (κ3) is 2.31. The molecule has 0 radical (unpaired) electrons. The summed E-state index contributed by atoms with van der Waals surface area (Å²) in [6, 6.07) is 3.04. The van der Waals surface area contributed by atoms with Gasteiger partial charge in [-0.25, -0.2) is 0 Å². The molecule has 0 aliphatic heterocycles. The highest BCUT2D eigenvalue weighted by Gasteiger charge is 2.32. The van der Waals surface area contributed by atoms with Gasteiger partial charge < -0.3 is 10.5 Å². The maximum Gasteiger partial charge on any atom is 0.573 e. The average molecular weight is 205 g/mol. The molecule has 0 aliphatic carbocycles. The van der Waals surface area contributed by atoms with Gasteiger partial charge in [-0.3, -0.25) is 0 Å². The number of nitrogen functional groups attached to an aromatic ring is 1. The second kappa shape index (κ2) is 3.40. The molecule has 0 saturated heterocycles. The molecular weight excluding hydrogens is 195 g/mol. The average Bonchev–Trinajstić information content (AvgIpc) is 2.04. The van der Waals surface area contributed by atoms with Crippen molar-refractivity contribution in [2.75, 3.05) is 5.73 Å². The van der Waals surface area contributed by atoms with Crippen LogP contribution in [0.3, 0.4) is 0 Å². The normalized spacial score (nSPS) is 11.5. The molecule has 14 heavy (non-hydrogen) atoms. The summed E-state index contributed by atoms with van der Waals surface area (Å²) in [4.78, 5) is 0. The van der Waals surface area contributed by atoms with Crippen molar-refractivity contribution >= 4 is 5.69 Å². The Bertz CT molecular complexity index is 347. The molecule has 0 aromatic heterocycles. The number of nitrogens with two attached hydrogens (primary N) is 1. The van der Waals surface area contributed by atoms with Crippen molar-refractivity contribution < 1.29 is 17.9 Å². The van der Waals surface area contributed by atoms with Crippen LogP contribution in [0.2, 0.25) is 0 Å². The van der Waals surface area contributed by atoms with E-state index >= 15 is 0 Å². The van der Waals surface area contributed by atoms with Crippen LogP contribution in [0.5, 0.6) is 5.75 Å². The summed E-state index contributed by atoms with van der Waals surface area (Å²) in [5.74, 6) is -0.308. The Morgan fingerprint density at radius 2 is 1.79 bits per heavy atom. The summed E-state index contributed by atoms with van der Waals surface area (Å²) >= 11 is 0. The van der Waals surface area contributed by atoms with E-state index in [0.717, 1.165) is 0 Å². The van der Waals surface area contributed by atoms with E-state index in [1.54, 1.807) is 13.0 Å². The van der Waals surface area contributed by atoms with E-state index in [9.17, 15) is 13.2 Å². The number of alkyl halides is 3. The summed E-state index contributed by atoms with van der Waals surface area (Å²) in [6.45, 7) is 3.23. The summed E-state index contributed by atoms with van der Waals surface area (Å²) < 4.78 is 39.7. The SMILES string of the molecule is Cc1ccc(N)c(OC(F)(F)F)c1C. The van der Waals surface area contributed by atoms with Gasteiger partial charge in [-0.15, -0.1) is 13.2 Å². The molecule has 0 atom stereocenters. The Morgan fingerprint density at radius 3 is 2.29 bits per heavy atom. The number of aryl methyl sites for hydroxylation is 1. The molecule has 5 heteroatoms. The van der Waals surface area contributed by atoms with Gasteiger partial charge in [-0.2, -0.15) is 0 Å². The molecule has 1 rings (SSSR count). The molecule has 0 spiro atoms. The Balaban J connectivity index is 3.13. The summed E-state index contributed by atoms with van der Waals surface area (Å²) in [5, 5.41) is 0. The van der Waals surface area contributed by atoms with Crippen LogP contribution in [0, 0.1) is 13.8 Å². The zero-order valence-electron chi connectivity index (χ0n) is 7.77. The van der Waals surface area contributed by atoms with Crippen LogP contribution in [0.15, 0.2) is 12.1 Å². The molecule has 2 nitrogen and oxygen atoms in total. The van der Waals surface area contributed by atoms with E-state index in [1.807, 2.05) is 0 Å². The van der Waals surface area contributed by atoms with Crippen molar-refractivity contribution in [1.29, 1.82) is 0 Å².